The number of hydrogen-bond donors (Lipinski definition) is 2. The van der Waals surface area contributed by atoms with Gasteiger partial charge in [0.15, 0.2) is 0 Å². The summed E-state index contributed by atoms with van der Waals surface area (Å²) in [7, 11) is 0. The molecule has 0 aromatic rings. The van der Waals surface area contributed by atoms with Crippen molar-refractivity contribution in [2.24, 2.45) is 5.92 Å². The highest BCUT2D eigenvalue weighted by Crippen LogP contribution is 2.27. The fourth-order valence-corrected chi connectivity index (χ4v) is 3.73. The molecule has 0 amide bonds. The van der Waals surface area contributed by atoms with Crippen molar-refractivity contribution in [3.63, 3.8) is 0 Å². The van der Waals surface area contributed by atoms with Gasteiger partial charge in [0.25, 0.3) is 0 Å². The lowest BCUT2D eigenvalue weighted by Crippen LogP contribution is -2.42. The van der Waals surface area contributed by atoms with E-state index in [-0.39, 0.29) is 0 Å². The Morgan fingerprint density at radius 2 is 2.05 bits per heavy atom. The molecular formula is C16H32N2O. The number of β-amino-alcohol motifs (C(OH)–C–C–N with tert-alkyl or cyclic N) is 1. The SMILES string of the molecule is CCCNC1CCCCCC1CN1CCC(C)(O)C1. The van der Waals surface area contributed by atoms with E-state index in [0.29, 0.717) is 6.04 Å². The number of nitrogens with one attached hydrogen (secondary N) is 1. The van der Waals surface area contributed by atoms with E-state index in [2.05, 4.69) is 17.1 Å². The molecule has 2 N–H and O–H groups in total. The van der Waals surface area contributed by atoms with Gasteiger partial charge in [0.2, 0.25) is 0 Å². The Morgan fingerprint density at radius 3 is 2.74 bits per heavy atom. The maximum Gasteiger partial charge on any atom is 0.0758 e. The van der Waals surface area contributed by atoms with Gasteiger partial charge < -0.3 is 15.3 Å². The molecule has 0 radical (unpaired) electrons. The van der Waals surface area contributed by atoms with Crippen molar-refractivity contribution < 1.29 is 5.11 Å². The Kier molecular flexibility index (Phi) is 5.67. The molecule has 112 valence electrons. The third-order valence-corrected chi connectivity index (χ3v) is 4.84. The predicted octanol–water partition coefficient (Wildman–Crippen LogP) is 2.39. The highest BCUT2D eigenvalue weighted by Gasteiger charge is 2.34. The average Bonchev–Trinajstić information content (AvgIpc) is 2.58. The molecule has 3 atom stereocenters. The summed E-state index contributed by atoms with van der Waals surface area (Å²) in [5, 5.41) is 13.9. The summed E-state index contributed by atoms with van der Waals surface area (Å²) < 4.78 is 0. The molecule has 2 rings (SSSR count). The molecule has 1 saturated carbocycles. The summed E-state index contributed by atoms with van der Waals surface area (Å²) in [5.74, 6) is 0.781. The molecule has 2 aliphatic rings. The topological polar surface area (TPSA) is 35.5 Å². The zero-order valence-electron chi connectivity index (χ0n) is 12.8. The fraction of sp³-hybridized carbons (Fsp3) is 1.00. The number of nitrogens with zero attached hydrogens (tertiary/aromatic N) is 1. The lowest BCUT2D eigenvalue weighted by atomic mass is 9.94. The van der Waals surface area contributed by atoms with E-state index in [4.69, 9.17) is 0 Å². The van der Waals surface area contributed by atoms with Gasteiger partial charge in [-0.25, -0.2) is 0 Å². The van der Waals surface area contributed by atoms with Crippen molar-refractivity contribution in [2.45, 2.75) is 70.4 Å². The molecule has 0 aromatic heterocycles. The number of hydrogen-bond acceptors (Lipinski definition) is 3. The van der Waals surface area contributed by atoms with Crippen LogP contribution in [0.3, 0.4) is 0 Å². The Morgan fingerprint density at radius 1 is 1.26 bits per heavy atom. The second-order valence-electron chi connectivity index (χ2n) is 6.94. The van der Waals surface area contributed by atoms with Crippen molar-refractivity contribution in [2.75, 3.05) is 26.2 Å². The minimum absolute atomic E-state index is 0.447. The molecule has 2 fully saturated rings. The number of rotatable bonds is 5. The van der Waals surface area contributed by atoms with Crippen LogP contribution in [0.25, 0.3) is 0 Å². The third-order valence-electron chi connectivity index (χ3n) is 4.84. The Balaban J connectivity index is 1.87. The summed E-state index contributed by atoms with van der Waals surface area (Å²) in [4.78, 5) is 2.48. The quantitative estimate of drug-likeness (QED) is 0.752. The maximum absolute atomic E-state index is 10.1. The van der Waals surface area contributed by atoms with Gasteiger partial charge in [-0.1, -0.05) is 26.2 Å². The monoisotopic (exact) mass is 268 g/mol. The van der Waals surface area contributed by atoms with E-state index in [1.54, 1.807) is 0 Å². The van der Waals surface area contributed by atoms with Gasteiger partial charge in [-0.3, -0.25) is 0 Å². The van der Waals surface area contributed by atoms with Crippen LogP contribution < -0.4 is 5.32 Å². The molecule has 1 heterocycles. The standard InChI is InChI=1S/C16H32N2O/c1-3-10-17-15-8-6-4-5-7-14(15)12-18-11-9-16(2,19)13-18/h14-15,17,19H,3-13H2,1-2H3. The number of aliphatic hydroxyl groups is 1. The van der Waals surface area contributed by atoms with Crippen LogP contribution in [0.5, 0.6) is 0 Å². The summed E-state index contributed by atoms with van der Waals surface area (Å²) in [6.07, 6.45) is 9.04. The number of likely N-dealkylation sites (tertiary alicyclic amines) is 1. The lowest BCUT2D eigenvalue weighted by molar-refractivity contribution is 0.0652. The van der Waals surface area contributed by atoms with Gasteiger partial charge in [-0.2, -0.15) is 0 Å². The summed E-state index contributed by atoms with van der Waals surface area (Å²) in [6, 6.07) is 0.702. The van der Waals surface area contributed by atoms with Gasteiger partial charge in [-0.05, 0) is 45.1 Å². The molecular weight excluding hydrogens is 236 g/mol. The smallest absolute Gasteiger partial charge is 0.0758 e. The minimum Gasteiger partial charge on any atom is -0.389 e. The average molecular weight is 268 g/mol. The van der Waals surface area contributed by atoms with Crippen LogP contribution in [0.4, 0.5) is 0 Å². The van der Waals surface area contributed by atoms with Gasteiger partial charge in [0.1, 0.15) is 0 Å². The molecule has 1 saturated heterocycles. The maximum atomic E-state index is 10.1. The van der Waals surface area contributed by atoms with Crippen LogP contribution in [0.15, 0.2) is 0 Å². The predicted molar refractivity (Wildman–Crippen MR) is 80.3 cm³/mol. The van der Waals surface area contributed by atoms with Gasteiger partial charge in [0.05, 0.1) is 5.60 Å². The highest BCUT2D eigenvalue weighted by molar-refractivity contribution is 4.89. The van der Waals surface area contributed by atoms with Crippen molar-refractivity contribution in [1.82, 2.24) is 10.2 Å². The summed E-state index contributed by atoms with van der Waals surface area (Å²) in [5.41, 5.74) is -0.447. The van der Waals surface area contributed by atoms with E-state index in [1.807, 2.05) is 6.92 Å². The lowest BCUT2D eigenvalue weighted by Gasteiger charge is -2.30. The zero-order valence-corrected chi connectivity index (χ0v) is 12.8. The van der Waals surface area contributed by atoms with E-state index in [9.17, 15) is 5.11 Å². The second kappa shape index (κ2) is 7.05. The summed E-state index contributed by atoms with van der Waals surface area (Å²) >= 11 is 0. The van der Waals surface area contributed by atoms with Crippen LogP contribution in [0.2, 0.25) is 0 Å². The fourth-order valence-electron chi connectivity index (χ4n) is 3.73. The van der Waals surface area contributed by atoms with Gasteiger partial charge >= 0.3 is 0 Å². The first-order valence-corrected chi connectivity index (χ1v) is 8.29. The van der Waals surface area contributed by atoms with Crippen LogP contribution in [0.1, 0.15) is 58.8 Å². The van der Waals surface area contributed by atoms with Crippen molar-refractivity contribution in [1.29, 1.82) is 0 Å². The van der Waals surface area contributed by atoms with Crippen LogP contribution in [-0.4, -0.2) is 47.8 Å². The molecule has 3 heteroatoms. The molecule has 1 aliphatic carbocycles. The van der Waals surface area contributed by atoms with Gasteiger partial charge in [-0.15, -0.1) is 0 Å². The Hall–Kier alpha value is -0.120. The zero-order chi connectivity index (χ0) is 13.7. The van der Waals surface area contributed by atoms with Crippen molar-refractivity contribution in [3.05, 3.63) is 0 Å². The minimum atomic E-state index is -0.447. The Labute approximate surface area is 118 Å². The van der Waals surface area contributed by atoms with E-state index in [1.165, 1.54) is 45.1 Å². The molecule has 3 unspecified atom stereocenters. The van der Waals surface area contributed by atoms with Crippen LogP contribution in [0, 0.1) is 5.92 Å². The molecule has 19 heavy (non-hydrogen) atoms. The first-order chi connectivity index (χ1) is 9.11. The van der Waals surface area contributed by atoms with Crippen LogP contribution >= 0.6 is 0 Å². The molecule has 0 bridgehead atoms. The first kappa shape index (κ1) is 15.3. The van der Waals surface area contributed by atoms with Crippen LogP contribution in [-0.2, 0) is 0 Å². The Bertz CT molecular complexity index is 267. The second-order valence-corrected chi connectivity index (χ2v) is 6.94. The first-order valence-electron chi connectivity index (χ1n) is 8.29. The van der Waals surface area contributed by atoms with E-state index in [0.717, 1.165) is 32.0 Å². The van der Waals surface area contributed by atoms with Gasteiger partial charge in [0, 0.05) is 25.7 Å². The molecule has 3 nitrogen and oxygen atoms in total. The normalized spacial score (nSPS) is 37.4. The molecule has 1 aliphatic heterocycles. The largest absolute Gasteiger partial charge is 0.389 e. The highest BCUT2D eigenvalue weighted by atomic mass is 16.3. The van der Waals surface area contributed by atoms with Crippen molar-refractivity contribution in [3.8, 4) is 0 Å². The van der Waals surface area contributed by atoms with E-state index >= 15 is 0 Å². The molecule has 0 spiro atoms. The molecule has 0 aromatic carbocycles. The third kappa shape index (κ3) is 4.73. The van der Waals surface area contributed by atoms with Crippen molar-refractivity contribution >= 4 is 0 Å². The summed E-state index contributed by atoms with van der Waals surface area (Å²) in [6.45, 7) is 8.49. The van der Waals surface area contributed by atoms with E-state index < -0.39 is 5.60 Å².